The molecule has 0 bridgehead atoms. The van der Waals surface area contributed by atoms with Gasteiger partial charge in [-0.05, 0) is 58.8 Å². The van der Waals surface area contributed by atoms with Gasteiger partial charge in [-0.2, -0.15) is 0 Å². The number of carbonyl (C=O) groups excluding carboxylic acids is 1. The van der Waals surface area contributed by atoms with E-state index in [2.05, 4.69) is 28.2 Å². The highest BCUT2D eigenvalue weighted by atomic mass is 79.9. The van der Waals surface area contributed by atoms with Crippen LogP contribution in [0.5, 0.6) is 0 Å². The van der Waals surface area contributed by atoms with Gasteiger partial charge in [-0.25, -0.2) is 0 Å². The molecule has 4 heteroatoms. The summed E-state index contributed by atoms with van der Waals surface area (Å²) in [6, 6.07) is 5.24. The van der Waals surface area contributed by atoms with Crippen LogP contribution in [-0.2, 0) is 0 Å². The van der Waals surface area contributed by atoms with Crippen LogP contribution >= 0.6 is 27.5 Å². The van der Waals surface area contributed by atoms with Crippen molar-refractivity contribution in [2.24, 2.45) is 5.41 Å². The van der Waals surface area contributed by atoms with Gasteiger partial charge < -0.3 is 5.32 Å². The second kappa shape index (κ2) is 4.99. The first-order valence-electron chi connectivity index (χ1n) is 5.79. The van der Waals surface area contributed by atoms with Crippen molar-refractivity contribution < 1.29 is 4.79 Å². The standard InChI is InChI=1S/C13H15BrClNO/c1-2-13(5-6-13)8-16-12(17)10-7-9(15)3-4-11(10)14/h3-4,7H,2,5-6,8H2,1H3,(H,16,17). The Hall–Kier alpha value is -0.540. The zero-order valence-corrected chi connectivity index (χ0v) is 12.1. The third-order valence-electron chi connectivity index (χ3n) is 3.50. The fourth-order valence-corrected chi connectivity index (χ4v) is 2.47. The highest BCUT2D eigenvalue weighted by Gasteiger charge is 2.40. The van der Waals surface area contributed by atoms with Gasteiger partial charge in [0.1, 0.15) is 0 Å². The summed E-state index contributed by atoms with van der Waals surface area (Å²) in [7, 11) is 0. The van der Waals surface area contributed by atoms with Crippen molar-refractivity contribution in [1.29, 1.82) is 0 Å². The SMILES string of the molecule is CCC1(CNC(=O)c2cc(Cl)ccc2Br)CC1. The van der Waals surface area contributed by atoms with Crippen LogP contribution in [-0.4, -0.2) is 12.5 Å². The Balaban J connectivity index is 2.02. The van der Waals surface area contributed by atoms with Gasteiger partial charge in [0.05, 0.1) is 5.56 Å². The number of amides is 1. The van der Waals surface area contributed by atoms with E-state index in [1.807, 2.05) is 0 Å². The molecule has 0 unspecified atom stereocenters. The van der Waals surface area contributed by atoms with E-state index in [1.165, 1.54) is 12.8 Å². The normalized spacial score (nSPS) is 16.6. The number of hydrogen-bond acceptors (Lipinski definition) is 1. The first kappa shape index (κ1) is 12.9. The zero-order valence-electron chi connectivity index (χ0n) is 9.72. The summed E-state index contributed by atoms with van der Waals surface area (Å²) >= 11 is 9.25. The predicted octanol–water partition coefficient (Wildman–Crippen LogP) is 4.02. The van der Waals surface area contributed by atoms with Crippen molar-refractivity contribution >= 4 is 33.4 Å². The quantitative estimate of drug-likeness (QED) is 0.893. The number of hydrogen-bond donors (Lipinski definition) is 1. The maximum Gasteiger partial charge on any atom is 0.252 e. The third kappa shape index (κ3) is 3.02. The topological polar surface area (TPSA) is 29.1 Å². The van der Waals surface area contributed by atoms with Crippen molar-refractivity contribution in [3.8, 4) is 0 Å². The Morgan fingerprint density at radius 1 is 1.53 bits per heavy atom. The summed E-state index contributed by atoms with van der Waals surface area (Å²) in [5, 5.41) is 3.57. The third-order valence-corrected chi connectivity index (χ3v) is 4.43. The Morgan fingerprint density at radius 2 is 2.24 bits per heavy atom. The second-order valence-electron chi connectivity index (χ2n) is 4.66. The number of halogens is 2. The van der Waals surface area contributed by atoms with Crippen LogP contribution in [0, 0.1) is 5.41 Å². The highest BCUT2D eigenvalue weighted by molar-refractivity contribution is 9.10. The molecule has 0 aliphatic heterocycles. The van der Waals surface area contributed by atoms with Gasteiger partial charge in [-0.1, -0.05) is 18.5 Å². The molecule has 2 rings (SSSR count). The molecule has 0 atom stereocenters. The van der Waals surface area contributed by atoms with Gasteiger partial charge in [0.15, 0.2) is 0 Å². The largest absolute Gasteiger partial charge is 0.351 e. The van der Waals surface area contributed by atoms with Crippen LogP contribution in [0.2, 0.25) is 5.02 Å². The first-order valence-corrected chi connectivity index (χ1v) is 6.97. The van der Waals surface area contributed by atoms with Crippen molar-refractivity contribution in [2.75, 3.05) is 6.54 Å². The van der Waals surface area contributed by atoms with Crippen molar-refractivity contribution in [3.05, 3.63) is 33.3 Å². The van der Waals surface area contributed by atoms with E-state index in [0.29, 0.717) is 16.0 Å². The molecule has 92 valence electrons. The first-order chi connectivity index (χ1) is 8.06. The van der Waals surface area contributed by atoms with Crippen molar-refractivity contribution in [2.45, 2.75) is 26.2 Å². The monoisotopic (exact) mass is 315 g/mol. The lowest BCUT2D eigenvalue weighted by atomic mass is 10.0. The summed E-state index contributed by atoms with van der Waals surface area (Å²) in [5.74, 6) is -0.0564. The molecule has 0 radical (unpaired) electrons. The molecule has 0 saturated heterocycles. The highest BCUT2D eigenvalue weighted by Crippen LogP contribution is 2.47. The molecule has 0 heterocycles. The van der Waals surface area contributed by atoms with E-state index in [9.17, 15) is 4.79 Å². The van der Waals surface area contributed by atoms with E-state index in [1.54, 1.807) is 18.2 Å². The fraction of sp³-hybridized carbons (Fsp3) is 0.462. The molecule has 1 aromatic carbocycles. The zero-order chi connectivity index (χ0) is 12.5. The van der Waals surface area contributed by atoms with Gasteiger partial charge in [-0.15, -0.1) is 0 Å². The van der Waals surface area contributed by atoms with Gasteiger partial charge in [0.2, 0.25) is 0 Å². The van der Waals surface area contributed by atoms with Crippen LogP contribution in [0.25, 0.3) is 0 Å². The molecule has 0 aromatic heterocycles. The molecular formula is C13H15BrClNO. The van der Waals surface area contributed by atoms with Gasteiger partial charge in [0.25, 0.3) is 5.91 Å². The van der Waals surface area contributed by atoms with E-state index in [0.717, 1.165) is 17.4 Å². The molecule has 1 aliphatic carbocycles. The van der Waals surface area contributed by atoms with Crippen LogP contribution in [0.1, 0.15) is 36.5 Å². The number of rotatable bonds is 4. The van der Waals surface area contributed by atoms with E-state index in [4.69, 9.17) is 11.6 Å². The summed E-state index contributed by atoms with van der Waals surface area (Å²) in [5.41, 5.74) is 0.963. The summed E-state index contributed by atoms with van der Waals surface area (Å²) in [6.45, 7) is 2.94. The smallest absolute Gasteiger partial charge is 0.252 e. The van der Waals surface area contributed by atoms with Crippen LogP contribution in [0.4, 0.5) is 0 Å². The van der Waals surface area contributed by atoms with Gasteiger partial charge in [0, 0.05) is 16.0 Å². The Labute approximate surface area is 115 Å². The molecule has 2 nitrogen and oxygen atoms in total. The minimum Gasteiger partial charge on any atom is -0.351 e. The maximum absolute atomic E-state index is 12.0. The van der Waals surface area contributed by atoms with Crippen LogP contribution in [0.3, 0.4) is 0 Å². The van der Waals surface area contributed by atoms with E-state index >= 15 is 0 Å². The number of carbonyl (C=O) groups is 1. The number of nitrogens with one attached hydrogen (secondary N) is 1. The minimum absolute atomic E-state index is 0.0564. The van der Waals surface area contributed by atoms with Crippen LogP contribution in [0.15, 0.2) is 22.7 Å². The lowest BCUT2D eigenvalue weighted by Gasteiger charge is -2.14. The Morgan fingerprint density at radius 3 is 2.82 bits per heavy atom. The molecule has 1 N–H and O–H groups in total. The molecule has 1 saturated carbocycles. The molecule has 1 fully saturated rings. The van der Waals surface area contributed by atoms with Crippen molar-refractivity contribution in [1.82, 2.24) is 5.32 Å². The van der Waals surface area contributed by atoms with E-state index in [-0.39, 0.29) is 5.91 Å². The van der Waals surface area contributed by atoms with Crippen LogP contribution < -0.4 is 5.32 Å². The molecule has 1 aliphatic rings. The predicted molar refractivity (Wildman–Crippen MR) is 73.4 cm³/mol. The minimum atomic E-state index is -0.0564. The number of benzene rings is 1. The summed E-state index contributed by atoms with van der Waals surface area (Å²) < 4.78 is 0.778. The Kier molecular flexibility index (Phi) is 3.79. The molecule has 0 spiro atoms. The Bertz CT molecular complexity index is 443. The lowest BCUT2D eigenvalue weighted by molar-refractivity contribution is 0.0943. The van der Waals surface area contributed by atoms with E-state index < -0.39 is 0 Å². The summed E-state index contributed by atoms with van der Waals surface area (Å²) in [4.78, 5) is 12.0. The average Bonchev–Trinajstić information content (AvgIpc) is 3.10. The average molecular weight is 317 g/mol. The molecular weight excluding hydrogens is 302 g/mol. The lowest BCUT2D eigenvalue weighted by Crippen LogP contribution is -2.30. The molecule has 17 heavy (non-hydrogen) atoms. The summed E-state index contributed by atoms with van der Waals surface area (Å²) in [6.07, 6.45) is 3.57. The second-order valence-corrected chi connectivity index (χ2v) is 5.95. The van der Waals surface area contributed by atoms with Gasteiger partial charge >= 0.3 is 0 Å². The molecule has 1 amide bonds. The van der Waals surface area contributed by atoms with Gasteiger partial charge in [-0.3, -0.25) is 4.79 Å². The van der Waals surface area contributed by atoms with Crippen molar-refractivity contribution in [3.63, 3.8) is 0 Å². The molecule has 1 aromatic rings. The fourth-order valence-electron chi connectivity index (χ4n) is 1.87. The maximum atomic E-state index is 12.0.